The number of carbonyl (C=O) groups excluding carboxylic acids is 2. The van der Waals surface area contributed by atoms with Crippen molar-refractivity contribution in [1.82, 2.24) is 15.2 Å². The molecule has 1 atom stereocenters. The van der Waals surface area contributed by atoms with Gasteiger partial charge in [-0.15, -0.1) is 0 Å². The molecule has 0 unspecified atom stereocenters. The molecule has 2 fully saturated rings. The number of benzene rings is 2. The summed E-state index contributed by atoms with van der Waals surface area (Å²) < 4.78 is 13.2. The fraction of sp³-hybridized carbons (Fsp3) is 0.321. The number of pyridine rings is 1. The molecule has 1 aromatic heterocycles. The summed E-state index contributed by atoms with van der Waals surface area (Å²) in [6, 6.07) is 19.6. The zero-order valence-electron chi connectivity index (χ0n) is 19.0. The summed E-state index contributed by atoms with van der Waals surface area (Å²) >= 11 is 0. The lowest BCUT2D eigenvalue weighted by Gasteiger charge is -2.33. The second-order valence-electron chi connectivity index (χ2n) is 9.36. The van der Waals surface area contributed by atoms with E-state index < -0.39 is 0 Å². The SMILES string of the molecule is O=C(NCCc1ccccn1)[C@H]1CC12CCN(C(=O)c1ccc(-c3ccc(F)cc3)cc1)CC2. The van der Waals surface area contributed by atoms with Gasteiger partial charge >= 0.3 is 0 Å². The Bertz CT molecular complexity index is 1150. The van der Waals surface area contributed by atoms with Crippen molar-refractivity contribution in [3.63, 3.8) is 0 Å². The lowest BCUT2D eigenvalue weighted by molar-refractivity contribution is -0.123. The van der Waals surface area contributed by atoms with Gasteiger partial charge in [0.2, 0.25) is 5.91 Å². The van der Waals surface area contributed by atoms with Crippen molar-refractivity contribution < 1.29 is 14.0 Å². The van der Waals surface area contributed by atoms with Crippen LogP contribution < -0.4 is 5.32 Å². The summed E-state index contributed by atoms with van der Waals surface area (Å²) in [5, 5.41) is 3.07. The molecule has 2 heterocycles. The first kappa shape index (κ1) is 22.3. The molecular formula is C28H28FN3O2. The predicted molar refractivity (Wildman–Crippen MR) is 128 cm³/mol. The fourth-order valence-corrected chi connectivity index (χ4v) is 5.04. The van der Waals surface area contributed by atoms with Gasteiger partial charge < -0.3 is 10.2 Å². The second-order valence-corrected chi connectivity index (χ2v) is 9.36. The summed E-state index contributed by atoms with van der Waals surface area (Å²) in [5.41, 5.74) is 3.55. The van der Waals surface area contributed by atoms with Gasteiger partial charge in [-0.05, 0) is 72.2 Å². The Hall–Kier alpha value is -3.54. The van der Waals surface area contributed by atoms with Crippen molar-refractivity contribution in [1.29, 1.82) is 0 Å². The van der Waals surface area contributed by atoms with Gasteiger partial charge in [-0.3, -0.25) is 14.6 Å². The van der Waals surface area contributed by atoms with Crippen molar-refractivity contribution in [3.8, 4) is 11.1 Å². The molecule has 5 nitrogen and oxygen atoms in total. The highest BCUT2D eigenvalue weighted by Crippen LogP contribution is 2.59. The van der Waals surface area contributed by atoms with Crippen molar-refractivity contribution in [2.45, 2.75) is 25.7 Å². The number of hydrogen-bond acceptors (Lipinski definition) is 3. The zero-order chi connectivity index (χ0) is 23.5. The highest BCUT2D eigenvalue weighted by molar-refractivity contribution is 5.95. The maximum atomic E-state index is 13.2. The number of carbonyl (C=O) groups is 2. The Morgan fingerprint density at radius 3 is 2.29 bits per heavy atom. The molecule has 1 aliphatic heterocycles. The van der Waals surface area contributed by atoms with Gasteiger partial charge in [0.25, 0.3) is 5.91 Å². The van der Waals surface area contributed by atoms with Crippen molar-refractivity contribution in [3.05, 3.63) is 90.0 Å². The number of nitrogens with zero attached hydrogens (tertiary/aromatic N) is 2. The first-order chi connectivity index (χ1) is 16.5. The van der Waals surface area contributed by atoms with Gasteiger partial charge in [-0.1, -0.05) is 30.3 Å². The molecule has 3 aromatic rings. The van der Waals surface area contributed by atoms with Gasteiger partial charge in [0, 0.05) is 49.4 Å². The van der Waals surface area contributed by atoms with Crippen LogP contribution in [0.25, 0.3) is 11.1 Å². The average Bonchev–Trinajstić information content (AvgIpc) is 3.58. The van der Waals surface area contributed by atoms with Crippen molar-refractivity contribution >= 4 is 11.8 Å². The second kappa shape index (κ2) is 9.37. The van der Waals surface area contributed by atoms with Crippen molar-refractivity contribution in [2.75, 3.05) is 19.6 Å². The molecule has 34 heavy (non-hydrogen) atoms. The maximum Gasteiger partial charge on any atom is 0.253 e. The number of amides is 2. The molecular weight excluding hydrogens is 429 g/mol. The molecule has 6 heteroatoms. The number of likely N-dealkylation sites (tertiary alicyclic amines) is 1. The maximum absolute atomic E-state index is 13.2. The number of hydrogen-bond donors (Lipinski definition) is 1. The standard InChI is InChI=1S/C28H28FN3O2/c29-23-10-8-21(9-11-23)20-4-6-22(7-5-20)27(34)32-17-13-28(14-18-32)19-25(28)26(33)31-16-12-24-3-1-2-15-30-24/h1-11,15,25H,12-14,16-19H2,(H,31,33)/t25-/m1/s1. The van der Waals surface area contributed by atoms with E-state index in [9.17, 15) is 14.0 Å². The van der Waals surface area contributed by atoms with Crippen LogP contribution in [0.1, 0.15) is 35.3 Å². The van der Waals surface area contributed by atoms with E-state index >= 15 is 0 Å². The van der Waals surface area contributed by atoms with Gasteiger partial charge in [0.15, 0.2) is 0 Å². The third-order valence-electron chi connectivity index (χ3n) is 7.27. The Morgan fingerprint density at radius 2 is 1.65 bits per heavy atom. The first-order valence-electron chi connectivity index (χ1n) is 11.9. The first-order valence-corrected chi connectivity index (χ1v) is 11.9. The smallest absolute Gasteiger partial charge is 0.253 e. The van der Waals surface area contributed by atoms with Crippen LogP contribution in [0.4, 0.5) is 4.39 Å². The molecule has 2 aliphatic rings. The molecule has 1 spiro atoms. The number of nitrogens with one attached hydrogen (secondary N) is 1. The normalized spacial score (nSPS) is 18.5. The lowest BCUT2D eigenvalue weighted by atomic mass is 9.90. The van der Waals surface area contributed by atoms with Crippen LogP contribution in [0.15, 0.2) is 72.9 Å². The van der Waals surface area contributed by atoms with Crippen LogP contribution >= 0.6 is 0 Å². The van der Waals surface area contributed by atoms with Crippen LogP contribution in [0.2, 0.25) is 0 Å². The van der Waals surface area contributed by atoms with E-state index in [1.165, 1.54) is 12.1 Å². The molecule has 0 radical (unpaired) electrons. The Kier molecular flexibility index (Phi) is 6.14. The number of rotatable bonds is 6. The Labute approximate surface area is 199 Å². The Balaban J connectivity index is 1.11. The molecule has 5 rings (SSSR count). The summed E-state index contributed by atoms with van der Waals surface area (Å²) in [6.45, 7) is 1.95. The monoisotopic (exact) mass is 457 g/mol. The minimum atomic E-state index is -0.265. The molecule has 1 aliphatic carbocycles. The van der Waals surface area contributed by atoms with Gasteiger partial charge in [-0.25, -0.2) is 4.39 Å². The van der Waals surface area contributed by atoms with Crippen LogP contribution in [-0.4, -0.2) is 41.3 Å². The summed E-state index contributed by atoms with van der Waals surface area (Å²) in [7, 11) is 0. The van der Waals surface area contributed by atoms with E-state index in [1.807, 2.05) is 47.4 Å². The molecule has 0 bridgehead atoms. The van der Waals surface area contributed by atoms with E-state index in [0.29, 0.717) is 25.2 Å². The average molecular weight is 458 g/mol. The van der Waals surface area contributed by atoms with Gasteiger partial charge in [-0.2, -0.15) is 0 Å². The van der Waals surface area contributed by atoms with Crippen LogP contribution in [0.3, 0.4) is 0 Å². The van der Waals surface area contributed by atoms with Crippen LogP contribution in [0, 0.1) is 17.2 Å². The van der Waals surface area contributed by atoms with E-state index in [0.717, 1.165) is 42.5 Å². The van der Waals surface area contributed by atoms with Crippen LogP contribution in [-0.2, 0) is 11.2 Å². The zero-order valence-corrected chi connectivity index (χ0v) is 19.0. The van der Waals surface area contributed by atoms with E-state index in [1.54, 1.807) is 18.3 Å². The fourth-order valence-electron chi connectivity index (χ4n) is 5.04. The third-order valence-corrected chi connectivity index (χ3v) is 7.27. The quantitative estimate of drug-likeness (QED) is 0.593. The van der Waals surface area contributed by atoms with E-state index in [4.69, 9.17) is 0 Å². The van der Waals surface area contributed by atoms with E-state index in [-0.39, 0.29) is 29.0 Å². The molecule has 1 saturated carbocycles. The Morgan fingerprint density at radius 1 is 0.971 bits per heavy atom. The van der Waals surface area contributed by atoms with Crippen LogP contribution in [0.5, 0.6) is 0 Å². The summed E-state index contributed by atoms with van der Waals surface area (Å²) in [4.78, 5) is 31.8. The third kappa shape index (κ3) is 4.72. The molecule has 2 aromatic carbocycles. The number of aromatic nitrogens is 1. The predicted octanol–water partition coefficient (Wildman–Crippen LogP) is 4.49. The molecule has 174 valence electrons. The highest BCUT2D eigenvalue weighted by atomic mass is 19.1. The van der Waals surface area contributed by atoms with Gasteiger partial charge in [0.1, 0.15) is 5.82 Å². The topological polar surface area (TPSA) is 62.3 Å². The minimum Gasteiger partial charge on any atom is -0.355 e. The largest absolute Gasteiger partial charge is 0.355 e. The summed E-state index contributed by atoms with van der Waals surface area (Å²) in [5.74, 6) is -0.0497. The van der Waals surface area contributed by atoms with Gasteiger partial charge in [0.05, 0.1) is 0 Å². The minimum absolute atomic E-state index is 0.0255. The van der Waals surface area contributed by atoms with Crippen molar-refractivity contribution in [2.24, 2.45) is 11.3 Å². The lowest BCUT2D eigenvalue weighted by Crippen LogP contribution is -2.40. The highest BCUT2D eigenvalue weighted by Gasteiger charge is 2.58. The number of halogens is 1. The molecule has 1 saturated heterocycles. The van der Waals surface area contributed by atoms with E-state index in [2.05, 4.69) is 10.3 Å². The summed E-state index contributed by atoms with van der Waals surface area (Å²) in [6.07, 6.45) is 5.14. The molecule has 2 amide bonds. The molecule has 1 N–H and O–H groups in total. The number of piperidine rings is 1.